The van der Waals surface area contributed by atoms with E-state index < -0.39 is 35.3 Å². The number of nitrogens with zero attached hydrogens (tertiary/aromatic N) is 1. The van der Waals surface area contributed by atoms with Crippen molar-refractivity contribution < 1.29 is 27.1 Å². The maximum atomic E-state index is 12.4. The third kappa shape index (κ3) is 3.00. The fraction of sp³-hybridized carbons (Fsp3) is 0.400. The Morgan fingerprint density at radius 3 is 2.47 bits per heavy atom. The van der Waals surface area contributed by atoms with E-state index in [1.165, 1.54) is 19.9 Å². The van der Waals surface area contributed by atoms with Crippen molar-refractivity contribution in [3.8, 4) is 6.07 Å². The van der Waals surface area contributed by atoms with Gasteiger partial charge in [0.25, 0.3) is 0 Å². The molecular weight excluding hydrogens is 239 g/mol. The summed E-state index contributed by atoms with van der Waals surface area (Å²) in [4.78, 5) is 11.3. The molecule has 1 heterocycles. The summed E-state index contributed by atoms with van der Waals surface area (Å²) in [5, 5.41) is 8.50. The maximum Gasteiger partial charge on any atom is 0.450 e. The van der Waals surface area contributed by atoms with Gasteiger partial charge in [-0.15, -0.1) is 0 Å². The van der Waals surface area contributed by atoms with Gasteiger partial charge in [-0.05, 0) is 13.8 Å². The first-order valence-corrected chi connectivity index (χ1v) is 4.57. The number of rotatable bonds is 2. The van der Waals surface area contributed by atoms with Crippen LogP contribution in [0, 0.1) is 11.3 Å². The number of alkyl halides is 3. The van der Waals surface area contributed by atoms with Gasteiger partial charge < -0.3 is 9.15 Å². The highest BCUT2D eigenvalue weighted by Gasteiger charge is 2.39. The second kappa shape index (κ2) is 4.49. The van der Waals surface area contributed by atoms with Gasteiger partial charge in [0.15, 0.2) is 0 Å². The van der Waals surface area contributed by atoms with Crippen molar-refractivity contribution in [3.05, 3.63) is 23.2 Å². The number of ether oxygens (including phenoxy) is 1. The molecule has 4 nitrogen and oxygen atoms in total. The van der Waals surface area contributed by atoms with Crippen LogP contribution in [-0.4, -0.2) is 12.1 Å². The molecule has 0 aliphatic rings. The predicted molar refractivity (Wildman–Crippen MR) is 49.0 cm³/mol. The first kappa shape index (κ1) is 13.1. The van der Waals surface area contributed by atoms with Crippen LogP contribution in [0.4, 0.5) is 13.2 Å². The number of hydrogen-bond acceptors (Lipinski definition) is 4. The Bertz CT molecular complexity index is 468. The van der Waals surface area contributed by atoms with Crippen LogP contribution < -0.4 is 0 Å². The average Bonchev–Trinajstić information content (AvgIpc) is 2.59. The molecule has 17 heavy (non-hydrogen) atoms. The van der Waals surface area contributed by atoms with Gasteiger partial charge in [-0.2, -0.15) is 18.4 Å². The highest BCUT2D eigenvalue weighted by atomic mass is 19.4. The van der Waals surface area contributed by atoms with Gasteiger partial charge in [-0.25, -0.2) is 4.79 Å². The number of carbonyl (C=O) groups excluding carboxylic acids is 1. The Morgan fingerprint density at radius 2 is 2.12 bits per heavy atom. The fourth-order valence-corrected chi connectivity index (χ4v) is 1.06. The summed E-state index contributed by atoms with van der Waals surface area (Å²) in [6, 6.07) is 2.02. The average molecular weight is 247 g/mol. The molecule has 92 valence electrons. The Morgan fingerprint density at radius 1 is 1.53 bits per heavy atom. The van der Waals surface area contributed by atoms with E-state index in [4.69, 9.17) is 5.26 Å². The number of esters is 1. The molecule has 0 spiro atoms. The minimum Gasteiger partial charge on any atom is -0.457 e. The van der Waals surface area contributed by atoms with Crippen molar-refractivity contribution in [2.45, 2.75) is 26.1 Å². The molecule has 0 aliphatic heterocycles. The molecule has 0 atom stereocenters. The molecular formula is C10H8F3NO3. The second-order valence-corrected chi connectivity index (χ2v) is 3.42. The minimum atomic E-state index is -4.82. The second-order valence-electron chi connectivity index (χ2n) is 3.42. The number of halogens is 3. The van der Waals surface area contributed by atoms with E-state index in [2.05, 4.69) is 9.15 Å². The summed E-state index contributed by atoms with van der Waals surface area (Å²) in [5.74, 6) is -3.16. The first-order valence-electron chi connectivity index (χ1n) is 4.57. The third-order valence-electron chi connectivity index (χ3n) is 1.65. The molecule has 0 bridgehead atoms. The Balaban J connectivity index is 3.11. The topological polar surface area (TPSA) is 63.2 Å². The van der Waals surface area contributed by atoms with E-state index in [-0.39, 0.29) is 0 Å². The Kier molecular flexibility index (Phi) is 3.46. The minimum absolute atomic E-state index is 0.493. The molecule has 0 aliphatic carbocycles. The van der Waals surface area contributed by atoms with Crippen LogP contribution in [0.5, 0.6) is 0 Å². The van der Waals surface area contributed by atoms with Gasteiger partial charge in [0.2, 0.25) is 11.5 Å². The predicted octanol–water partition coefficient (Wildman–Crippen LogP) is 2.74. The molecule has 1 aromatic heterocycles. The third-order valence-corrected chi connectivity index (χ3v) is 1.65. The molecule has 0 amide bonds. The zero-order valence-corrected chi connectivity index (χ0v) is 8.96. The lowest BCUT2D eigenvalue weighted by atomic mass is 10.2. The van der Waals surface area contributed by atoms with Crippen molar-refractivity contribution >= 4 is 5.97 Å². The van der Waals surface area contributed by atoms with Crippen LogP contribution in [0.3, 0.4) is 0 Å². The standard InChI is InChI=1S/C10H8F3NO3/c1-5(2)16-9(15)7-3-6(4-14)8(17-7)10(11,12)13/h3,5H,1-2H3. The summed E-state index contributed by atoms with van der Waals surface area (Å²) in [5.41, 5.74) is -0.742. The SMILES string of the molecule is CC(C)OC(=O)c1cc(C#N)c(C(F)(F)F)o1. The molecule has 1 rings (SSSR count). The van der Waals surface area contributed by atoms with Gasteiger partial charge in [0, 0.05) is 6.07 Å². The van der Waals surface area contributed by atoms with E-state index in [0.717, 1.165) is 0 Å². The van der Waals surface area contributed by atoms with Crippen molar-refractivity contribution in [1.29, 1.82) is 5.26 Å². The Hall–Kier alpha value is -1.97. The smallest absolute Gasteiger partial charge is 0.450 e. The number of nitriles is 1. The highest BCUT2D eigenvalue weighted by Crippen LogP contribution is 2.34. The Labute approximate surface area is 94.6 Å². The van der Waals surface area contributed by atoms with Crippen LogP contribution in [0.15, 0.2) is 10.5 Å². The zero-order chi connectivity index (χ0) is 13.2. The van der Waals surface area contributed by atoms with Crippen LogP contribution in [0.1, 0.15) is 35.7 Å². The molecule has 0 radical (unpaired) electrons. The zero-order valence-electron chi connectivity index (χ0n) is 8.96. The highest BCUT2D eigenvalue weighted by molar-refractivity contribution is 5.87. The van der Waals surface area contributed by atoms with E-state index in [1.807, 2.05) is 0 Å². The molecule has 7 heteroatoms. The lowest BCUT2D eigenvalue weighted by Crippen LogP contribution is -2.11. The summed E-state index contributed by atoms with van der Waals surface area (Å²) < 4.78 is 46.1. The summed E-state index contributed by atoms with van der Waals surface area (Å²) >= 11 is 0. The number of hydrogen-bond donors (Lipinski definition) is 0. The van der Waals surface area contributed by atoms with E-state index in [1.54, 1.807) is 0 Å². The number of carbonyl (C=O) groups is 1. The van der Waals surface area contributed by atoms with Gasteiger partial charge >= 0.3 is 12.1 Å². The lowest BCUT2D eigenvalue weighted by Gasteiger charge is -2.05. The first-order chi connectivity index (χ1) is 7.75. The molecule has 0 saturated carbocycles. The normalized spacial score (nSPS) is 11.4. The van der Waals surface area contributed by atoms with Gasteiger partial charge in [-0.1, -0.05) is 0 Å². The quantitative estimate of drug-likeness (QED) is 0.754. The van der Waals surface area contributed by atoms with Crippen molar-refractivity contribution in [1.82, 2.24) is 0 Å². The number of furan rings is 1. The molecule has 1 aromatic rings. The summed E-state index contributed by atoms with van der Waals surface area (Å²) in [6.07, 6.45) is -5.31. The van der Waals surface area contributed by atoms with Crippen LogP contribution in [0.25, 0.3) is 0 Å². The van der Waals surface area contributed by atoms with Crippen LogP contribution in [-0.2, 0) is 10.9 Å². The van der Waals surface area contributed by atoms with Crippen molar-refractivity contribution in [2.75, 3.05) is 0 Å². The van der Waals surface area contributed by atoms with Crippen molar-refractivity contribution in [3.63, 3.8) is 0 Å². The monoisotopic (exact) mass is 247 g/mol. The van der Waals surface area contributed by atoms with E-state index in [0.29, 0.717) is 6.07 Å². The van der Waals surface area contributed by atoms with Gasteiger partial charge in [0.1, 0.15) is 11.6 Å². The maximum absolute atomic E-state index is 12.4. The molecule has 0 unspecified atom stereocenters. The molecule has 0 fully saturated rings. The van der Waals surface area contributed by atoms with E-state index >= 15 is 0 Å². The summed E-state index contributed by atoms with van der Waals surface area (Å²) in [7, 11) is 0. The van der Waals surface area contributed by atoms with Gasteiger partial charge in [-0.3, -0.25) is 0 Å². The largest absolute Gasteiger partial charge is 0.457 e. The van der Waals surface area contributed by atoms with E-state index in [9.17, 15) is 18.0 Å². The van der Waals surface area contributed by atoms with Crippen LogP contribution in [0.2, 0.25) is 0 Å². The van der Waals surface area contributed by atoms with Crippen LogP contribution >= 0.6 is 0 Å². The molecule has 0 N–H and O–H groups in total. The van der Waals surface area contributed by atoms with Gasteiger partial charge in [0.05, 0.1) is 6.10 Å². The van der Waals surface area contributed by atoms with Crippen molar-refractivity contribution in [2.24, 2.45) is 0 Å². The fourth-order valence-electron chi connectivity index (χ4n) is 1.06. The molecule has 0 aromatic carbocycles. The lowest BCUT2D eigenvalue weighted by molar-refractivity contribution is -0.153. The summed E-state index contributed by atoms with van der Waals surface area (Å²) in [6.45, 7) is 3.08. The molecule has 0 saturated heterocycles.